The second kappa shape index (κ2) is 8.71. The van der Waals surface area contributed by atoms with Gasteiger partial charge < -0.3 is 10.1 Å². The van der Waals surface area contributed by atoms with Crippen molar-refractivity contribution in [2.24, 2.45) is 5.92 Å². The Morgan fingerprint density at radius 2 is 1.95 bits per heavy atom. The van der Waals surface area contributed by atoms with Gasteiger partial charge in [-0.25, -0.2) is 0 Å². The SMILES string of the molecule is CCCCOc1ccc(CCNC(=O)C2CCCC2)cc1. The van der Waals surface area contributed by atoms with Crippen LogP contribution in [0, 0.1) is 5.92 Å². The lowest BCUT2D eigenvalue weighted by molar-refractivity contribution is -0.124. The van der Waals surface area contributed by atoms with Gasteiger partial charge in [-0.15, -0.1) is 0 Å². The Kier molecular flexibility index (Phi) is 6.58. The molecule has 1 aromatic carbocycles. The summed E-state index contributed by atoms with van der Waals surface area (Å²) in [4.78, 5) is 11.9. The summed E-state index contributed by atoms with van der Waals surface area (Å²) in [7, 11) is 0. The fourth-order valence-corrected chi connectivity index (χ4v) is 2.75. The number of ether oxygens (including phenoxy) is 1. The van der Waals surface area contributed by atoms with Gasteiger partial charge in [-0.1, -0.05) is 38.3 Å². The van der Waals surface area contributed by atoms with Gasteiger partial charge in [-0.3, -0.25) is 4.79 Å². The summed E-state index contributed by atoms with van der Waals surface area (Å²) >= 11 is 0. The zero-order valence-corrected chi connectivity index (χ0v) is 13.1. The van der Waals surface area contributed by atoms with E-state index in [9.17, 15) is 4.79 Å². The lowest BCUT2D eigenvalue weighted by atomic mass is 10.1. The summed E-state index contributed by atoms with van der Waals surface area (Å²) in [5, 5.41) is 3.06. The van der Waals surface area contributed by atoms with Crippen LogP contribution in [0.25, 0.3) is 0 Å². The van der Waals surface area contributed by atoms with Crippen molar-refractivity contribution >= 4 is 5.91 Å². The predicted molar refractivity (Wildman–Crippen MR) is 85.5 cm³/mol. The van der Waals surface area contributed by atoms with Crippen molar-refractivity contribution in [2.75, 3.05) is 13.2 Å². The largest absolute Gasteiger partial charge is 0.494 e. The van der Waals surface area contributed by atoms with E-state index in [1.807, 2.05) is 12.1 Å². The van der Waals surface area contributed by atoms with E-state index in [1.54, 1.807) is 0 Å². The summed E-state index contributed by atoms with van der Waals surface area (Å²) in [5.41, 5.74) is 1.24. The van der Waals surface area contributed by atoms with Crippen LogP contribution in [-0.2, 0) is 11.2 Å². The molecule has 0 aliphatic heterocycles. The number of benzene rings is 1. The van der Waals surface area contributed by atoms with Crippen LogP contribution in [0.15, 0.2) is 24.3 Å². The maximum absolute atomic E-state index is 11.9. The fourth-order valence-electron chi connectivity index (χ4n) is 2.75. The van der Waals surface area contributed by atoms with Gasteiger partial charge in [0.15, 0.2) is 0 Å². The molecule has 3 nitrogen and oxygen atoms in total. The normalized spacial score (nSPS) is 15.1. The van der Waals surface area contributed by atoms with Crippen LogP contribution in [0.3, 0.4) is 0 Å². The standard InChI is InChI=1S/C18H27NO2/c1-2-3-14-21-17-10-8-15(9-11-17)12-13-19-18(20)16-6-4-5-7-16/h8-11,16H,2-7,12-14H2,1H3,(H,19,20). The molecule has 1 aliphatic rings. The Bertz CT molecular complexity index is 421. The van der Waals surface area contributed by atoms with Crippen LogP contribution in [0.4, 0.5) is 0 Å². The average Bonchev–Trinajstić information content (AvgIpc) is 3.03. The minimum absolute atomic E-state index is 0.243. The molecule has 1 fully saturated rings. The first-order chi connectivity index (χ1) is 10.3. The molecule has 116 valence electrons. The van der Waals surface area contributed by atoms with E-state index in [0.29, 0.717) is 0 Å². The zero-order valence-electron chi connectivity index (χ0n) is 13.1. The van der Waals surface area contributed by atoms with Crippen LogP contribution in [0.1, 0.15) is 51.0 Å². The van der Waals surface area contributed by atoms with Crippen molar-refractivity contribution in [2.45, 2.75) is 51.9 Å². The first-order valence-electron chi connectivity index (χ1n) is 8.29. The Balaban J connectivity index is 1.67. The van der Waals surface area contributed by atoms with Gasteiger partial charge >= 0.3 is 0 Å². The van der Waals surface area contributed by atoms with E-state index in [-0.39, 0.29) is 11.8 Å². The molecule has 0 bridgehead atoms. The van der Waals surface area contributed by atoms with E-state index in [4.69, 9.17) is 4.74 Å². The average molecular weight is 289 g/mol. The third kappa shape index (κ3) is 5.41. The zero-order chi connectivity index (χ0) is 14.9. The Morgan fingerprint density at radius 1 is 1.24 bits per heavy atom. The highest BCUT2D eigenvalue weighted by Crippen LogP contribution is 2.24. The van der Waals surface area contributed by atoms with Crippen LogP contribution in [0.2, 0.25) is 0 Å². The summed E-state index contributed by atoms with van der Waals surface area (Å²) in [6.45, 7) is 3.67. The highest BCUT2D eigenvalue weighted by atomic mass is 16.5. The molecule has 2 rings (SSSR count). The number of nitrogens with one attached hydrogen (secondary N) is 1. The van der Waals surface area contributed by atoms with E-state index in [2.05, 4.69) is 24.4 Å². The summed E-state index contributed by atoms with van der Waals surface area (Å²) in [5.74, 6) is 1.44. The van der Waals surface area contributed by atoms with E-state index in [1.165, 1.54) is 18.4 Å². The van der Waals surface area contributed by atoms with Crippen molar-refractivity contribution in [3.8, 4) is 5.75 Å². The maximum atomic E-state index is 11.9. The van der Waals surface area contributed by atoms with Gasteiger partial charge in [-0.05, 0) is 43.4 Å². The molecular weight excluding hydrogens is 262 g/mol. The van der Waals surface area contributed by atoms with Crippen LogP contribution >= 0.6 is 0 Å². The molecule has 0 saturated heterocycles. The molecule has 0 spiro atoms. The number of amides is 1. The van der Waals surface area contributed by atoms with Crippen molar-refractivity contribution < 1.29 is 9.53 Å². The van der Waals surface area contributed by atoms with Crippen molar-refractivity contribution in [1.29, 1.82) is 0 Å². The first-order valence-corrected chi connectivity index (χ1v) is 8.29. The van der Waals surface area contributed by atoms with Gasteiger partial charge in [0.2, 0.25) is 5.91 Å². The molecule has 1 aliphatic carbocycles. The molecule has 0 radical (unpaired) electrons. The molecule has 1 N–H and O–H groups in total. The van der Waals surface area contributed by atoms with Gasteiger partial charge in [0.05, 0.1) is 6.61 Å². The van der Waals surface area contributed by atoms with E-state index < -0.39 is 0 Å². The Labute approximate surface area is 128 Å². The van der Waals surface area contributed by atoms with Crippen molar-refractivity contribution in [3.05, 3.63) is 29.8 Å². The quantitative estimate of drug-likeness (QED) is 0.741. The second-order valence-electron chi connectivity index (χ2n) is 5.87. The van der Waals surface area contributed by atoms with Crippen LogP contribution in [0.5, 0.6) is 5.75 Å². The maximum Gasteiger partial charge on any atom is 0.223 e. The fraction of sp³-hybridized carbons (Fsp3) is 0.611. The minimum atomic E-state index is 0.243. The Hall–Kier alpha value is -1.51. The molecule has 0 aromatic heterocycles. The minimum Gasteiger partial charge on any atom is -0.494 e. The van der Waals surface area contributed by atoms with E-state index >= 15 is 0 Å². The van der Waals surface area contributed by atoms with Gasteiger partial charge in [0.25, 0.3) is 0 Å². The summed E-state index contributed by atoms with van der Waals surface area (Å²) < 4.78 is 5.64. The molecule has 3 heteroatoms. The molecule has 1 saturated carbocycles. The topological polar surface area (TPSA) is 38.3 Å². The van der Waals surface area contributed by atoms with E-state index in [0.717, 1.165) is 51.0 Å². The highest BCUT2D eigenvalue weighted by Gasteiger charge is 2.21. The predicted octanol–water partition coefficient (Wildman–Crippen LogP) is 3.71. The number of rotatable bonds is 8. The van der Waals surface area contributed by atoms with Crippen LogP contribution < -0.4 is 10.1 Å². The lowest BCUT2D eigenvalue weighted by Crippen LogP contribution is -2.30. The van der Waals surface area contributed by atoms with Crippen molar-refractivity contribution in [3.63, 3.8) is 0 Å². The molecule has 21 heavy (non-hydrogen) atoms. The Morgan fingerprint density at radius 3 is 2.62 bits per heavy atom. The number of unbranched alkanes of at least 4 members (excludes halogenated alkanes) is 1. The second-order valence-corrected chi connectivity index (χ2v) is 5.87. The van der Waals surface area contributed by atoms with Gasteiger partial charge in [0, 0.05) is 12.5 Å². The number of hydrogen-bond acceptors (Lipinski definition) is 2. The number of hydrogen-bond donors (Lipinski definition) is 1. The third-order valence-corrected chi connectivity index (χ3v) is 4.13. The smallest absolute Gasteiger partial charge is 0.223 e. The molecule has 0 heterocycles. The molecule has 1 amide bonds. The third-order valence-electron chi connectivity index (χ3n) is 4.13. The number of carbonyl (C=O) groups is 1. The molecule has 0 atom stereocenters. The van der Waals surface area contributed by atoms with Crippen molar-refractivity contribution in [1.82, 2.24) is 5.32 Å². The van der Waals surface area contributed by atoms with Crippen LogP contribution in [-0.4, -0.2) is 19.1 Å². The molecule has 0 unspecified atom stereocenters. The van der Waals surface area contributed by atoms with Gasteiger partial charge in [-0.2, -0.15) is 0 Å². The first kappa shape index (κ1) is 15.9. The monoisotopic (exact) mass is 289 g/mol. The molecule has 1 aromatic rings. The summed E-state index contributed by atoms with van der Waals surface area (Å²) in [6, 6.07) is 8.21. The summed E-state index contributed by atoms with van der Waals surface area (Å²) in [6.07, 6.45) is 7.67. The van der Waals surface area contributed by atoms with Gasteiger partial charge in [0.1, 0.15) is 5.75 Å². The molecular formula is C18H27NO2. The highest BCUT2D eigenvalue weighted by molar-refractivity contribution is 5.78. The lowest BCUT2D eigenvalue weighted by Gasteiger charge is -2.10. The number of carbonyl (C=O) groups excluding carboxylic acids is 1.